The number of rotatable bonds is 4. The molecule has 0 aromatic heterocycles. The molecule has 0 saturated carbocycles. The molecule has 68 valence electrons. The lowest BCUT2D eigenvalue weighted by Crippen LogP contribution is -2.19. The van der Waals surface area contributed by atoms with Gasteiger partial charge in [-0.05, 0) is 28.2 Å². The molecule has 0 N–H and O–H groups in total. The Morgan fingerprint density at radius 1 is 1.27 bits per heavy atom. The Bertz CT molecular complexity index is 161. The first-order chi connectivity index (χ1) is 4.86. The van der Waals surface area contributed by atoms with Gasteiger partial charge in [0, 0.05) is 6.54 Å². The van der Waals surface area contributed by atoms with E-state index >= 15 is 0 Å². The summed E-state index contributed by atoms with van der Waals surface area (Å²) in [6.07, 6.45) is 0.104. The summed E-state index contributed by atoms with van der Waals surface area (Å²) in [7, 11) is 3.12. The summed E-state index contributed by atoms with van der Waals surface area (Å²) in [6.45, 7) is 0.520. The highest BCUT2D eigenvalue weighted by Crippen LogP contribution is 2.48. The molecular formula is C6H16FN2OP. The molecule has 0 fully saturated rings. The first-order valence-electron chi connectivity index (χ1n) is 3.47. The summed E-state index contributed by atoms with van der Waals surface area (Å²) in [6, 6.07) is 0. The zero-order chi connectivity index (χ0) is 9.07. The van der Waals surface area contributed by atoms with Crippen molar-refractivity contribution in [1.82, 2.24) is 9.57 Å². The van der Waals surface area contributed by atoms with Crippen molar-refractivity contribution in [1.29, 1.82) is 0 Å². The van der Waals surface area contributed by atoms with Crippen LogP contribution in [0.5, 0.6) is 0 Å². The smallest absolute Gasteiger partial charge is 0.309 e. The van der Waals surface area contributed by atoms with Gasteiger partial charge in [-0.1, -0.05) is 0 Å². The van der Waals surface area contributed by atoms with Crippen LogP contribution in [-0.4, -0.2) is 50.5 Å². The van der Waals surface area contributed by atoms with Crippen molar-refractivity contribution in [3.05, 3.63) is 0 Å². The summed E-state index contributed by atoms with van der Waals surface area (Å²) < 4.78 is 25.2. The average Bonchev–Trinajstić information content (AvgIpc) is 1.84. The molecule has 0 rings (SSSR count). The van der Waals surface area contributed by atoms with Gasteiger partial charge in [-0.3, -0.25) is 4.57 Å². The zero-order valence-electron chi connectivity index (χ0n) is 7.54. The third-order valence-electron chi connectivity index (χ3n) is 1.42. The van der Waals surface area contributed by atoms with E-state index in [2.05, 4.69) is 0 Å². The molecule has 0 aliphatic rings. The van der Waals surface area contributed by atoms with Crippen LogP contribution >= 0.6 is 7.60 Å². The Kier molecular flexibility index (Phi) is 4.22. The molecular weight excluding hydrogens is 166 g/mol. The quantitative estimate of drug-likeness (QED) is 0.612. The monoisotopic (exact) mass is 182 g/mol. The SMILES string of the molecule is CN(C)CCP(=O)(F)N(C)C. The van der Waals surface area contributed by atoms with Gasteiger partial charge in [0.2, 0.25) is 0 Å². The molecule has 0 amide bonds. The lowest BCUT2D eigenvalue weighted by Gasteiger charge is -2.17. The number of hydrogen-bond donors (Lipinski definition) is 0. The first-order valence-corrected chi connectivity index (χ1v) is 5.21. The van der Waals surface area contributed by atoms with Crippen molar-refractivity contribution in [2.75, 3.05) is 40.9 Å². The van der Waals surface area contributed by atoms with Crippen molar-refractivity contribution in [3.63, 3.8) is 0 Å². The van der Waals surface area contributed by atoms with Crippen LogP contribution in [0.3, 0.4) is 0 Å². The Morgan fingerprint density at radius 2 is 1.73 bits per heavy atom. The van der Waals surface area contributed by atoms with E-state index in [-0.39, 0.29) is 6.16 Å². The van der Waals surface area contributed by atoms with E-state index in [9.17, 15) is 8.76 Å². The Balaban J connectivity index is 3.84. The van der Waals surface area contributed by atoms with Crippen LogP contribution in [0.2, 0.25) is 0 Å². The minimum atomic E-state index is -3.53. The van der Waals surface area contributed by atoms with Gasteiger partial charge in [0.05, 0.1) is 6.16 Å². The van der Waals surface area contributed by atoms with E-state index < -0.39 is 7.60 Å². The third kappa shape index (κ3) is 4.51. The molecule has 0 saturated heterocycles. The average molecular weight is 182 g/mol. The highest BCUT2D eigenvalue weighted by atomic mass is 31.2. The van der Waals surface area contributed by atoms with Crippen molar-refractivity contribution >= 4 is 7.60 Å². The molecule has 0 radical (unpaired) electrons. The maximum atomic E-state index is 13.0. The molecule has 5 heteroatoms. The predicted octanol–water partition coefficient (Wildman–Crippen LogP) is 1.27. The predicted molar refractivity (Wildman–Crippen MR) is 45.8 cm³/mol. The second kappa shape index (κ2) is 4.19. The van der Waals surface area contributed by atoms with E-state index in [4.69, 9.17) is 0 Å². The second-order valence-electron chi connectivity index (χ2n) is 2.99. The first kappa shape index (κ1) is 11.1. The number of hydrogen-bond acceptors (Lipinski definition) is 2. The third-order valence-corrected chi connectivity index (χ3v) is 3.37. The fourth-order valence-electron chi connectivity index (χ4n) is 0.523. The normalized spacial score (nSPS) is 17.4. The fourth-order valence-corrected chi connectivity index (χ4v) is 1.57. The second-order valence-corrected chi connectivity index (χ2v) is 5.47. The maximum absolute atomic E-state index is 13.0. The fraction of sp³-hybridized carbons (Fsp3) is 1.00. The van der Waals surface area contributed by atoms with Gasteiger partial charge in [0.25, 0.3) is 0 Å². The van der Waals surface area contributed by atoms with Gasteiger partial charge in [0.15, 0.2) is 0 Å². The molecule has 0 heterocycles. The Morgan fingerprint density at radius 3 is 2.00 bits per heavy atom. The van der Waals surface area contributed by atoms with Gasteiger partial charge in [-0.15, -0.1) is 0 Å². The van der Waals surface area contributed by atoms with Crippen molar-refractivity contribution in [3.8, 4) is 0 Å². The standard InChI is InChI=1S/C6H16FN2OP/c1-8(2)5-6-11(7,10)9(3)4/h5-6H2,1-4H3. The minimum Gasteiger partial charge on any atom is -0.309 e. The summed E-state index contributed by atoms with van der Waals surface area (Å²) in [5.41, 5.74) is 0. The molecule has 11 heavy (non-hydrogen) atoms. The molecule has 0 aliphatic carbocycles. The maximum Gasteiger partial charge on any atom is 0.311 e. The van der Waals surface area contributed by atoms with Crippen LogP contribution in [0.1, 0.15) is 0 Å². The van der Waals surface area contributed by atoms with Crippen LogP contribution in [-0.2, 0) is 4.57 Å². The topological polar surface area (TPSA) is 23.6 Å². The summed E-state index contributed by atoms with van der Waals surface area (Å²) in [4.78, 5) is 1.82. The van der Waals surface area contributed by atoms with Gasteiger partial charge in [0.1, 0.15) is 0 Å². The highest BCUT2D eigenvalue weighted by molar-refractivity contribution is 7.56. The number of nitrogens with zero attached hydrogens (tertiary/aromatic N) is 2. The molecule has 0 bridgehead atoms. The summed E-state index contributed by atoms with van der Waals surface area (Å²) in [5, 5.41) is 0. The minimum absolute atomic E-state index is 0.104. The largest absolute Gasteiger partial charge is 0.311 e. The molecule has 3 nitrogen and oxygen atoms in total. The van der Waals surface area contributed by atoms with Crippen LogP contribution in [0.25, 0.3) is 0 Å². The van der Waals surface area contributed by atoms with Crippen LogP contribution in [0.4, 0.5) is 4.20 Å². The van der Waals surface area contributed by atoms with Gasteiger partial charge in [-0.2, -0.15) is 4.20 Å². The van der Waals surface area contributed by atoms with Crippen molar-refractivity contribution in [2.45, 2.75) is 0 Å². The summed E-state index contributed by atoms with van der Waals surface area (Å²) in [5.74, 6) is 0. The molecule has 1 unspecified atom stereocenters. The van der Waals surface area contributed by atoms with Crippen molar-refractivity contribution < 1.29 is 8.76 Å². The Labute approximate surface area is 67.7 Å². The molecule has 0 aliphatic heterocycles. The lowest BCUT2D eigenvalue weighted by molar-refractivity contribution is 0.413. The lowest BCUT2D eigenvalue weighted by atomic mass is 10.7. The van der Waals surface area contributed by atoms with E-state index in [0.29, 0.717) is 6.54 Å². The van der Waals surface area contributed by atoms with E-state index in [1.54, 1.807) is 0 Å². The van der Waals surface area contributed by atoms with Crippen LogP contribution < -0.4 is 0 Å². The Hall–Kier alpha value is 0.0800. The van der Waals surface area contributed by atoms with E-state index in [1.165, 1.54) is 14.1 Å². The number of halogens is 1. The molecule has 0 aromatic carbocycles. The van der Waals surface area contributed by atoms with Crippen LogP contribution in [0.15, 0.2) is 0 Å². The van der Waals surface area contributed by atoms with Crippen LogP contribution in [0, 0.1) is 0 Å². The van der Waals surface area contributed by atoms with Gasteiger partial charge in [-0.25, -0.2) is 4.67 Å². The highest BCUT2D eigenvalue weighted by Gasteiger charge is 2.23. The van der Waals surface area contributed by atoms with Gasteiger partial charge >= 0.3 is 7.60 Å². The molecule has 0 aromatic rings. The molecule has 1 atom stereocenters. The summed E-state index contributed by atoms with van der Waals surface area (Å²) >= 11 is 0. The van der Waals surface area contributed by atoms with Gasteiger partial charge < -0.3 is 4.90 Å². The van der Waals surface area contributed by atoms with Crippen molar-refractivity contribution in [2.24, 2.45) is 0 Å². The molecule has 0 spiro atoms. The zero-order valence-corrected chi connectivity index (χ0v) is 8.44. The van der Waals surface area contributed by atoms with E-state index in [0.717, 1.165) is 4.67 Å². The van der Waals surface area contributed by atoms with E-state index in [1.807, 2.05) is 19.0 Å².